The van der Waals surface area contributed by atoms with Crippen molar-refractivity contribution in [1.29, 1.82) is 0 Å². The topological polar surface area (TPSA) is 46.0 Å². The maximum absolute atomic E-state index is 4.20. The Bertz CT molecular complexity index is 374. The SMILES string of the molecule is CCNCc1cn(CCN2CCCC2C(C)C)nn1. The molecule has 1 unspecified atom stereocenters. The monoisotopic (exact) mass is 265 g/mol. The van der Waals surface area contributed by atoms with Crippen molar-refractivity contribution in [2.45, 2.75) is 52.7 Å². The zero-order chi connectivity index (χ0) is 13.7. The summed E-state index contributed by atoms with van der Waals surface area (Å²) in [6.07, 6.45) is 4.75. The average molecular weight is 265 g/mol. The summed E-state index contributed by atoms with van der Waals surface area (Å²) in [5.41, 5.74) is 1.03. The molecule has 0 saturated carbocycles. The van der Waals surface area contributed by atoms with E-state index >= 15 is 0 Å². The van der Waals surface area contributed by atoms with Gasteiger partial charge in [0.15, 0.2) is 0 Å². The molecule has 1 saturated heterocycles. The first-order chi connectivity index (χ1) is 9.20. The van der Waals surface area contributed by atoms with E-state index in [0.29, 0.717) is 0 Å². The lowest BCUT2D eigenvalue weighted by Crippen LogP contribution is -2.35. The first kappa shape index (κ1) is 14.5. The van der Waals surface area contributed by atoms with E-state index in [2.05, 4.69) is 47.5 Å². The summed E-state index contributed by atoms with van der Waals surface area (Å²) in [5.74, 6) is 0.752. The normalized spacial score (nSPS) is 20.5. The molecule has 0 radical (unpaired) electrons. The molecule has 1 N–H and O–H groups in total. The minimum Gasteiger partial charge on any atom is -0.311 e. The second-order valence-corrected chi connectivity index (χ2v) is 5.74. The molecule has 2 heterocycles. The van der Waals surface area contributed by atoms with Gasteiger partial charge in [0.2, 0.25) is 0 Å². The summed E-state index contributed by atoms with van der Waals surface area (Å²) in [6, 6.07) is 0.754. The number of hydrogen-bond acceptors (Lipinski definition) is 4. The average Bonchev–Trinajstić information content (AvgIpc) is 3.02. The molecule has 1 aromatic rings. The molecule has 0 amide bonds. The third kappa shape index (κ3) is 4.01. The van der Waals surface area contributed by atoms with Crippen molar-refractivity contribution in [3.05, 3.63) is 11.9 Å². The number of rotatable bonds is 7. The molecule has 0 aliphatic carbocycles. The Morgan fingerprint density at radius 3 is 3.00 bits per heavy atom. The zero-order valence-corrected chi connectivity index (χ0v) is 12.5. The van der Waals surface area contributed by atoms with Gasteiger partial charge in [-0.2, -0.15) is 0 Å². The molecule has 1 aliphatic heterocycles. The highest BCUT2D eigenvalue weighted by Crippen LogP contribution is 2.23. The van der Waals surface area contributed by atoms with E-state index in [1.165, 1.54) is 19.4 Å². The van der Waals surface area contributed by atoms with Crippen LogP contribution in [0.3, 0.4) is 0 Å². The molecular formula is C14H27N5. The Balaban J connectivity index is 1.80. The van der Waals surface area contributed by atoms with Gasteiger partial charge in [-0.25, -0.2) is 0 Å². The Labute approximate surface area is 116 Å². The summed E-state index contributed by atoms with van der Waals surface area (Å²) in [6.45, 7) is 11.8. The maximum atomic E-state index is 4.20. The van der Waals surface area contributed by atoms with E-state index in [-0.39, 0.29) is 0 Å². The fourth-order valence-corrected chi connectivity index (χ4v) is 2.90. The Hall–Kier alpha value is -0.940. The van der Waals surface area contributed by atoms with Gasteiger partial charge in [-0.3, -0.25) is 9.58 Å². The molecule has 5 heteroatoms. The van der Waals surface area contributed by atoms with Crippen molar-refractivity contribution < 1.29 is 0 Å². The summed E-state index contributed by atoms with van der Waals surface area (Å²) in [5, 5.41) is 11.7. The third-order valence-corrected chi connectivity index (χ3v) is 3.94. The second kappa shape index (κ2) is 7.01. The van der Waals surface area contributed by atoms with Crippen molar-refractivity contribution in [3.63, 3.8) is 0 Å². The van der Waals surface area contributed by atoms with Crippen LogP contribution in [-0.4, -0.2) is 45.6 Å². The van der Waals surface area contributed by atoms with E-state index in [0.717, 1.165) is 43.8 Å². The van der Waals surface area contributed by atoms with Gasteiger partial charge in [-0.15, -0.1) is 5.10 Å². The van der Waals surface area contributed by atoms with Gasteiger partial charge in [0.05, 0.1) is 12.2 Å². The number of nitrogens with one attached hydrogen (secondary N) is 1. The lowest BCUT2D eigenvalue weighted by Gasteiger charge is -2.27. The minimum atomic E-state index is 0.752. The Morgan fingerprint density at radius 2 is 2.26 bits per heavy atom. The first-order valence-corrected chi connectivity index (χ1v) is 7.54. The second-order valence-electron chi connectivity index (χ2n) is 5.74. The molecule has 1 atom stereocenters. The summed E-state index contributed by atoms with van der Waals surface area (Å²) in [7, 11) is 0. The van der Waals surface area contributed by atoms with Crippen LogP contribution >= 0.6 is 0 Å². The highest BCUT2D eigenvalue weighted by Gasteiger charge is 2.26. The van der Waals surface area contributed by atoms with E-state index in [1.807, 2.05) is 4.68 Å². The molecule has 19 heavy (non-hydrogen) atoms. The molecule has 1 aliphatic rings. The van der Waals surface area contributed by atoms with Crippen LogP contribution in [0.2, 0.25) is 0 Å². The maximum Gasteiger partial charge on any atom is 0.0964 e. The fourth-order valence-electron chi connectivity index (χ4n) is 2.90. The molecule has 0 aromatic carbocycles. The van der Waals surface area contributed by atoms with Crippen molar-refractivity contribution in [3.8, 4) is 0 Å². The zero-order valence-electron chi connectivity index (χ0n) is 12.5. The van der Waals surface area contributed by atoms with E-state index in [9.17, 15) is 0 Å². The number of hydrogen-bond donors (Lipinski definition) is 1. The van der Waals surface area contributed by atoms with Gasteiger partial charge in [-0.05, 0) is 31.8 Å². The number of aromatic nitrogens is 3. The van der Waals surface area contributed by atoms with Crippen LogP contribution in [-0.2, 0) is 13.1 Å². The molecule has 2 rings (SSSR count). The molecule has 1 fully saturated rings. The van der Waals surface area contributed by atoms with Crippen LogP contribution in [0, 0.1) is 5.92 Å². The molecule has 0 spiro atoms. The first-order valence-electron chi connectivity index (χ1n) is 7.54. The standard InChI is InChI=1S/C14H27N5/c1-4-15-10-13-11-19(17-16-13)9-8-18-7-5-6-14(18)12(2)3/h11-12,14-15H,4-10H2,1-3H3. The minimum absolute atomic E-state index is 0.752. The van der Waals surface area contributed by atoms with Crippen molar-refractivity contribution >= 4 is 0 Å². The molecule has 0 bridgehead atoms. The van der Waals surface area contributed by atoms with Gasteiger partial charge < -0.3 is 5.32 Å². The smallest absolute Gasteiger partial charge is 0.0964 e. The van der Waals surface area contributed by atoms with Gasteiger partial charge in [0.1, 0.15) is 0 Å². The van der Waals surface area contributed by atoms with E-state index in [1.54, 1.807) is 0 Å². The lowest BCUT2D eigenvalue weighted by atomic mass is 10.0. The third-order valence-electron chi connectivity index (χ3n) is 3.94. The molecular weight excluding hydrogens is 238 g/mol. The van der Waals surface area contributed by atoms with Crippen molar-refractivity contribution in [1.82, 2.24) is 25.2 Å². The van der Waals surface area contributed by atoms with Gasteiger partial charge in [-0.1, -0.05) is 26.0 Å². The summed E-state index contributed by atoms with van der Waals surface area (Å²) < 4.78 is 1.97. The predicted molar refractivity (Wildman–Crippen MR) is 76.8 cm³/mol. The van der Waals surface area contributed by atoms with E-state index in [4.69, 9.17) is 0 Å². The highest BCUT2D eigenvalue weighted by molar-refractivity contribution is 4.91. The molecule has 5 nitrogen and oxygen atoms in total. The van der Waals surface area contributed by atoms with Crippen LogP contribution in [0.15, 0.2) is 6.20 Å². The number of likely N-dealkylation sites (tertiary alicyclic amines) is 1. The fraction of sp³-hybridized carbons (Fsp3) is 0.857. The lowest BCUT2D eigenvalue weighted by molar-refractivity contribution is 0.197. The highest BCUT2D eigenvalue weighted by atomic mass is 15.4. The van der Waals surface area contributed by atoms with Gasteiger partial charge >= 0.3 is 0 Å². The predicted octanol–water partition coefficient (Wildman–Crippen LogP) is 1.51. The van der Waals surface area contributed by atoms with Crippen LogP contribution < -0.4 is 5.32 Å². The van der Waals surface area contributed by atoms with Crippen LogP contribution in [0.1, 0.15) is 39.3 Å². The van der Waals surface area contributed by atoms with Crippen LogP contribution in [0.5, 0.6) is 0 Å². The van der Waals surface area contributed by atoms with Crippen LogP contribution in [0.25, 0.3) is 0 Å². The van der Waals surface area contributed by atoms with Crippen molar-refractivity contribution in [2.75, 3.05) is 19.6 Å². The van der Waals surface area contributed by atoms with Gasteiger partial charge in [0, 0.05) is 25.3 Å². The largest absolute Gasteiger partial charge is 0.311 e. The quantitative estimate of drug-likeness (QED) is 0.812. The summed E-state index contributed by atoms with van der Waals surface area (Å²) >= 11 is 0. The molecule has 108 valence electrons. The number of nitrogens with zero attached hydrogens (tertiary/aromatic N) is 4. The molecule has 1 aromatic heterocycles. The van der Waals surface area contributed by atoms with Crippen molar-refractivity contribution in [2.24, 2.45) is 5.92 Å². The van der Waals surface area contributed by atoms with Gasteiger partial charge in [0.25, 0.3) is 0 Å². The van der Waals surface area contributed by atoms with Crippen LogP contribution in [0.4, 0.5) is 0 Å². The summed E-state index contributed by atoms with van der Waals surface area (Å²) in [4.78, 5) is 2.61. The Morgan fingerprint density at radius 1 is 1.42 bits per heavy atom. The Kier molecular flexibility index (Phi) is 5.34. The van der Waals surface area contributed by atoms with E-state index < -0.39 is 0 Å².